The second-order valence-electron chi connectivity index (χ2n) is 7.56. The number of nitrogens with one attached hydrogen (secondary N) is 3. The number of hydrogen-bond donors (Lipinski definition) is 3. The number of rotatable bonds is 7. The molecular formula is C21H33ClIN5O. The molecule has 2 fully saturated rings. The van der Waals surface area contributed by atoms with Crippen molar-refractivity contribution in [2.24, 2.45) is 4.99 Å². The number of hydrogen-bond acceptors (Lipinski definition) is 3. The van der Waals surface area contributed by atoms with Gasteiger partial charge in [-0.15, -0.1) is 24.0 Å². The summed E-state index contributed by atoms with van der Waals surface area (Å²) >= 11 is 6.07. The Labute approximate surface area is 196 Å². The standard InChI is InChI=1S/C21H32ClN5O.HI/c1-2-23-21(26-16-11-14-27(15-16)17-7-3-4-8-17)25-13-12-24-20(28)18-9-5-6-10-19(18)22;/h5-6,9-10,16-17H,2-4,7-8,11-15H2,1H3,(H,24,28)(H2,23,25,26);1H. The van der Waals surface area contributed by atoms with Crippen LogP contribution in [-0.4, -0.2) is 61.6 Å². The quantitative estimate of drug-likeness (QED) is 0.218. The topological polar surface area (TPSA) is 68.8 Å². The fourth-order valence-electron chi connectivity index (χ4n) is 4.10. The highest BCUT2D eigenvalue weighted by atomic mass is 127. The van der Waals surface area contributed by atoms with E-state index in [-0.39, 0.29) is 29.9 Å². The molecule has 0 aromatic heterocycles. The first-order valence-electron chi connectivity index (χ1n) is 10.5. The Morgan fingerprint density at radius 1 is 1.21 bits per heavy atom. The summed E-state index contributed by atoms with van der Waals surface area (Å²) in [6.45, 7) is 6.14. The number of aliphatic imine (C=N–C) groups is 1. The van der Waals surface area contributed by atoms with Crippen molar-refractivity contribution in [3.05, 3.63) is 34.9 Å². The third kappa shape index (κ3) is 7.29. The molecule has 1 saturated heterocycles. The Hall–Kier alpha value is -1.06. The predicted molar refractivity (Wildman–Crippen MR) is 131 cm³/mol. The number of benzene rings is 1. The average molecular weight is 534 g/mol. The van der Waals surface area contributed by atoms with E-state index >= 15 is 0 Å². The largest absolute Gasteiger partial charge is 0.357 e. The van der Waals surface area contributed by atoms with E-state index in [1.54, 1.807) is 12.1 Å². The lowest BCUT2D eigenvalue weighted by Crippen LogP contribution is -2.45. The molecule has 1 amide bonds. The number of likely N-dealkylation sites (tertiary alicyclic amines) is 1. The molecular weight excluding hydrogens is 501 g/mol. The minimum Gasteiger partial charge on any atom is -0.357 e. The van der Waals surface area contributed by atoms with Crippen molar-refractivity contribution in [1.29, 1.82) is 0 Å². The minimum atomic E-state index is -0.165. The van der Waals surface area contributed by atoms with Gasteiger partial charge >= 0.3 is 0 Å². The van der Waals surface area contributed by atoms with Crippen LogP contribution >= 0.6 is 35.6 Å². The number of guanidine groups is 1. The fraction of sp³-hybridized carbons (Fsp3) is 0.619. The summed E-state index contributed by atoms with van der Waals surface area (Å²) in [7, 11) is 0. The first-order valence-corrected chi connectivity index (χ1v) is 10.9. The number of nitrogens with zero attached hydrogens (tertiary/aromatic N) is 2. The first kappa shape index (κ1) is 24.2. The van der Waals surface area contributed by atoms with Gasteiger partial charge in [0.15, 0.2) is 5.96 Å². The van der Waals surface area contributed by atoms with Crippen molar-refractivity contribution < 1.29 is 4.79 Å². The molecule has 1 aliphatic heterocycles. The third-order valence-electron chi connectivity index (χ3n) is 5.53. The van der Waals surface area contributed by atoms with Gasteiger partial charge in [-0.05, 0) is 38.3 Å². The Bertz CT molecular complexity index is 681. The third-order valence-corrected chi connectivity index (χ3v) is 5.86. The second-order valence-corrected chi connectivity index (χ2v) is 7.97. The number of halogens is 2. The molecule has 0 spiro atoms. The molecule has 1 heterocycles. The van der Waals surface area contributed by atoms with Gasteiger partial charge in [0.25, 0.3) is 5.91 Å². The van der Waals surface area contributed by atoms with E-state index in [1.807, 2.05) is 12.1 Å². The van der Waals surface area contributed by atoms with E-state index in [1.165, 1.54) is 32.2 Å². The van der Waals surface area contributed by atoms with Gasteiger partial charge in [-0.2, -0.15) is 0 Å². The number of amides is 1. The summed E-state index contributed by atoms with van der Waals surface area (Å²) in [5.41, 5.74) is 0.496. The average Bonchev–Trinajstić information content (AvgIpc) is 3.37. The smallest absolute Gasteiger partial charge is 0.252 e. The van der Waals surface area contributed by atoms with Crippen LogP contribution < -0.4 is 16.0 Å². The van der Waals surface area contributed by atoms with Gasteiger partial charge in [0.2, 0.25) is 0 Å². The molecule has 3 N–H and O–H groups in total. The van der Waals surface area contributed by atoms with Crippen LogP contribution in [0.25, 0.3) is 0 Å². The zero-order chi connectivity index (χ0) is 19.8. The Balaban J connectivity index is 0.00000300. The molecule has 1 saturated carbocycles. The first-order chi connectivity index (χ1) is 13.7. The summed E-state index contributed by atoms with van der Waals surface area (Å²) in [6.07, 6.45) is 6.62. The van der Waals surface area contributed by atoms with E-state index in [9.17, 15) is 4.79 Å². The molecule has 1 unspecified atom stereocenters. The highest BCUT2D eigenvalue weighted by Gasteiger charge is 2.30. The van der Waals surface area contributed by atoms with E-state index in [4.69, 9.17) is 11.6 Å². The molecule has 2 aliphatic rings. The zero-order valence-corrected chi connectivity index (χ0v) is 20.2. The van der Waals surface area contributed by atoms with E-state index in [0.717, 1.165) is 31.5 Å². The molecule has 1 aromatic rings. The second kappa shape index (κ2) is 12.6. The van der Waals surface area contributed by atoms with Crippen LogP contribution in [0.2, 0.25) is 5.02 Å². The van der Waals surface area contributed by atoms with E-state index in [0.29, 0.717) is 29.7 Å². The SMILES string of the molecule is CCNC(=NCCNC(=O)c1ccccc1Cl)NC1CCN(C2CCCC2)C1.I. The molecule has 1 aromatic carbocycles. The van der Waals surface area contributed by atoms with Gasteiger partial charge in [-0.3, -0.25) is 14.7 Å². The van der Waals surface area contributed by atoms with Gasteiger partial charge in [0, 0.05) is 38.3 Å². The molecule has 29 heavy (non-hydrogen) atoms. The number of carbonyl (C=O) groups excluding carboxylic acids is 1. The summed E-state index contributed by atoms with van der Waals surface area (Å²) in [5, 5.41) is 10.2. The monoisotopic (exact) mass is 533 g/mol. The highest BCUT2D eigenvalue weighted by Crippen LogP contribution is 2.26. The molecule has 6 nitrogen and oxygen atoms in total. The van der Waals surface area contributed by atoms with Gasteiger partial charge in [-0.1, -0.05) is 36.6 Å². The van der Waals surface area contributed by atoms with Gasteiger partial charge < -0.3 is 16.0 Å². The van der Waals surface area contributed by atoms with E-state index in [2.05, 4.69) is 32.8 Å². The van der Waals surface area contributed by atoms with Crippen LogP contribution in [0.5, 0.6) is 0 Å². The Kier molecular flexibility index (Phi) is 10.5. The van der Waals surface area contributed by atoms with Crippen molar-refractivity contribution in [3.63, 3.8) is 0 Å². The normalized spacial score (nSPS) is 20.3. The lowest BCUT2D eigenvalue weighted by molar-refractivity contribution is 0.0955. The van der Waals surface area contributed by atoms with Crippen molar-refractivity contribution >= 4 is 47.4 Å². The summed E-state index contributed by atoms with van der Waals surface area (Å²) in [5.74, 6) is 0.662. The van der Waals surface area contributed by atoms with Crippen LogP contribution in [0.3, 0.4) is 0 Å². The Morgan fingerprint density at radius 2 is 1.97 bits per heavy atom. The molecule has 1 atom stereocenters. The summed E-state index contributed by atoms with van der Waals surface area (Å²) in [6, 6.07) is 8.29. The lowest BCUT2D eigenvalue weighted by Gasteiger charge is -2.24. The molecule has 0 radical (unpaired) electrons. The Morgan fingerprint density at radius 3 is 2.69 bits per heavy atom. The van der Waals surface area contributed by atoms with Crippen molar-refractivity contribution in [1.82, 2.24) is 20.9 Å². The molecule has 162 valence electrons. The highest BCUT2D eigenvalue weighted by molar-refractivity contribution is 14.0. The summed E-state index contributed by atoms with van der Waals surface area (Å²) < 4.78 is 0. The minimum absolute atomic E-state index is 0. The maximum atomic E-state index is 12.2. The maximum Gasteiger partial charge on any atom is 0.252 e. The van der Waals surface area contributed by atoms with Crippen molar-refractivity contribution in [2.45, 2.75) is 51.1 Å². The zero-order valence-electron chi connectivity index (χ0n) is 17.1. The van der Waals surface area contributed by atoms with Crippen LogP contribution in [0, 0.1) is 0 Å². The predicted octanol–water partition coefficient (Wildman–Crippen LogP) is 3.26. The number of carbonyl (C=O) groups is 1. The molecule has 0 bridgehead atoms. The molecule has 8 heteroatoms. The van der Waals surface area contributed by atoms with Gasteiger partial charge in [0.05, 0.1) is 17.1 Å². The maximum absolute atomic E-state index is 12.2. The molecule has 3 rings (SSSR count). The van der Waals surface area contributed by atoms with Crippen LogP contribution in [0.4, 0.5) is 0 Å². The van der Waals surface area contributed by atoms with Crippen LogP contribution in [0.1, 0.15) is 49.4 Å². The fourth-order valence-corrected chi connectivity index (χ4v) is 4.32. The van der Waals surface area contributed by atoms with Crippen molar-refractivity contribution in [3.8, 4) is 0 Å². The van der Waals surface area contributed by atoms with Crippen molar-refractivity contribution in [2.75, 3.05) is 32.7 Å². The van der Waals surface area contributed by atoms with E-state index < -0.39 is 0 Å². The molecule has 1 aliphatic carbocycles. The summed E-state index contributed by atoms with van der Waals surface area (Å²) in [4.78, 5) is 19.4. The van der Waals surface area contributed by atoms with Crippen LogP contribution in [-0.2, 0) is 0 Å². The van der Waals surface area contributed by atoms with Gasteiger partial charge in [-0.25, -0.2) is 0 Å². The lowest BCUT2D eigenvalue weighted by atomic mass is 10.2. The van der Waals surface area contributed by atoms with Crippen LogP contribution in [0.15, 0.2) is 29.3 Å². The van der Waals surface area contributed by atoms with Gasteiger partial charge in [0.1, 0.15) is 0 Å².